The van der Waals surface area contributed by atoms with Gasteiger partial charge in [-0.05, 0) is 55.5 Å². The smallest absolute Gasteiger partial charge is 0.170 e. The quantitative estimate of drug-likeness (QED) is 0.542. The lowest BCUT2D eigenvalue weighted by Gasteiger charge is -2.25. The highest BCUT2D eigenvalue weighted by molar-refractivity contribution is 7.80. The van der Waals surface area contributed by atoms with Crippen molar-refractivity contribution >= 4 is 24.2 Å². The van der Waals surface area contributed by atoms with Gasteiger partial charge in [-0.15, -0.1) is 12.6 Å². The van der Waals surface area contributed by atoms with E-state index in [4.69, 9.17) is 11.6 Å². The number of halogens is 3. The molecule has 1 unspecified atom stereocenters. The number of rotatable bonds is 2. The fourth-order valence-corrected chi connectivity index (χ4v) is 4.18. The number of thiol groups is 1. The van der Waals surface area contributed by atoms with Crippen molar-refractivity contribution in [2.75, 3.05) is 0 Å². The molecule has 6 heteroatoms. The molecule has 1 aliphatic rings. The van der Waals surface area contributed by atoms with E-state index in [-0.39, 0.29) is 11.6 Å². The molecule has 1 aliphatic carbocycles. The number of imidazole rings is 1. The molecule has 1 aromatic heterocycles. The van der Waals surface area contributed by atoms with E-state index in [1.165, 1.54) is 12.1 Å². The lowest BCUT2D eigenvalue weighted by atomic mass is 9.83. The number of nitrogens with zero attached hydrogens (tertiary/aromatic N) is 2. The van der Waals surface area contributed by atoms with Crippen LogP contribution in [0.5, 0.6) is 0 Å². The Kier molecular flexibility index (Phi) is 4.53. The van der Waals surface area contributed by atoms with Gasteiger partial charge in [0.25, 0.3) is 0 Å². The molecular formula is C20H17ClF2N2S. The molecule has 4 rings (SSSR count). The minimum absolute atomic E-state index is 0.0626. The predicted octanol–water partition coefficient (Wildman–Crippen LogP) is 5.87. The summed E-state index contributed by atoms with van der Waals surface area (Å²) in [6.45, 7) is 1.97. The monoisotopic (exact) mass is 390 g/mol. The largest absolute Gasteiger partial charge is 0.288 e. The van der Waals surface area contributed by atoms with Gasteiger partial charge in [0, 0.05) is 17.0 Å². The predicted molar refractivity (Wildman–Crippen MR) is 102 cm³/mol. The second-order valence-electron chi connectivity index (χ2n) is 6.63. The van der Waals surface area contributed by atoms with Crippen LogP contribution in [0.4, 0.5) is 8.78 Å². The first-order valence-corrected chi connectivity index (χ1v) is 9.30. The average Bonchev–Trinajstić information content (AvgIpc) is 2.93. The SMILES string of the molecule is Cc1cc(C2CCCc3nc(S)n(-c4ccc(F)cc4F)c32)ccc1Cl. The van der Waals surface area contributed by atoms with Crippen LogP contribution in [0.15, 0.2) is 41.6 Å². The molecule has 0 aliphatic heterocycles. The zero-order chi connectivity index (χ0) is 18.4. The molecule has 1 atom stereocenters. The van der Waals surface area contributed by atoms with Crippen molar-refractivity contribution in [1.82, 2.24) is 9.55 Å². The number of hydrogen-bond acceptors (Lipinski definition) is 2. The van der Waals surface area contributed by atoms with Crippen LogP contribution < -0.4 is 0 Å². The Hall–Kier alpha value is -1.85. The fourth-order valence-electron chi connectivity index (χ4n) is 3.73. The van der Waals surface area contributed by atoms with Crippen LogP contribution in [0.2, 0.25) is 5.02 Å². The van der Waals surface area contributed by atoms with Crippen molar-refractivity contribution in [3.05, 3.63) is 75.6 Å². The van der Waals surface area contributed by atoms with Crippen molar-refractivity contribution in [3.8, 4) is 5.69 Å². The highest BCUT2D eigenvalue weighted by Crippen LogP contribution is 2.40. The van der Waals surface area contributed by atoms with E-state index in [1.807, 2.05) is 19.1 Å². The van der Waals surface area contributed by atoms with Gasteiger partial charge in [0.05, 0.1) is 17.1 Å². The first-order chi connectivity index (χ1) is 12.5. The lowest BCUT2D eigenvalue weighted by Crippen LogP contribution is -2.16. The first kappa shape index (κ1) is 17.6. The second kappa shape index (κ2) is 6.71. The lowest BCUT2D eigenvalue weighted by molar-refractivity contribution is 0.560. The number of aryl methyl sites for hydroxylation is 2. The third kappa shape index (κ3) is 2.93. The Balaban J connectivity index is 1.91. The Labute approximate surface area is 161 Å². The van der Waals surface area contributed by atoms with Gasteiger partial charge >= 0.3 is 0 Å². The molecule has 134 valence electrons. The number of aromatic nitrogens is 2. The van der Waals surface area contributed by atoms with Crippen LogP contribution in [0.25, 0.3) is 5.69 Å². The van der Waals surface area contributed by atoms with Gasteiger partial charge in [-0.2, -0.15) is 0 Å². The summed E-state index contributed by atoms with van der Waals surface area (Å²) in [4.78, 5) is 4.55. The van der Waals surface area contributed by atoms with Gasteiger partial charge in [0.15, 0.2) is 5.16 Å². The molecule has 1 heterocycles. The van der Waals surface area contributed by atoms with E-state index in [0.29, 0.717) is 5.16 Å². The van der Waals surface area contributed by atoms with Crippen LogP contribution in [0.3, 0.4) is 0 Å². The summed E-state index contributed by atoms with van der Waals surface area (Å²) in [6, 6.07) is 9.54. The Bertz CT molecular complexity index is 1000. The van der Waals surface area contributed by atoms with Crippen LogP contribution in [0, 0.1) is 18.6 Å². The van der Waals surface area contributed by atoms with Gasteiger partial charge in [-0.25, -0.2) is 13.8 Å². The molecule has 2 aromatic carbocycles. The molecule has 0 saturated heterocycles. The van der Waals surface area contributed by atoms with E-state index >= 15 is 0 Å². The molecule has 0 bridgehead atoms. The highest BCUT2D eigenvalue weighted by Gasteiger charge is 2.30. The van der Waals surface area contributed by atoms with E-state index < -0.39 is 11.6 Å². The summed E-state index contributed by atoms with van der Waals surface area (Å²) in [7, 11) is 0. The molecular weight excluding hydrogens is 374 g/mol. The molecule has 26 heavy (non-hydrogen) atoms. The van der Waals surface area contributed by atoms with Crippen LogP contribution >= 0.6 is 24.2 Å². The van der Waals surface area contributed by atoms with Gasteiger partial charge in [-0.3, -0.25) is 4.57 Å². The topological polar surface area (TPSA) is 17.8 Å². The molecule has 0 saturated carbocycles. The maximum absolute atomic E-state index is 14.5. The van der Waals surface area contributed by atoms with Crippen molar-refractivity contribution < 1.29 is 8.78 Å². The third-order valence-electron chi connectivity index (χ3n) is 4.94. The minimum atomic E-state index is -0.628. The summed E-state index contributed by atoms with van der Waals surface area (Å²) in [5.41, 5.74) is 4.23. The summed E-state index contributed by atoms with van der Waals surface area (Å²) >= 11 is 10.6. The highest BCUT2D eigenvalue weighted by atomic mass is 35.5. The summed E-state index contributed by atoms with van der Waals surface area (Å²) < 4.78 is 29.5. The molecule has 3 aromatic rings. The number of fused-ring (bicyclic) bond motifs is 1. The normalized spacial score (nSPS) is 16.6. The van der Waals surface area contributed by atoms with Gasteiger partial charge in [0.2, 0.25) is 0 Å². The van der Waals surface area contributed by atoms with Crippen LogP contribution in [-0.4, -0.2) is 9.55 Å². The zero-order valence-corrected chi connectivity index (χ0v) is 15.8. The molecule has 0 N–H and O–H groups in total. The van der Waals surface area contributed by atoms with E-state index in [1.54, 1.807) is 4.57 Å². The van der Waals surface area contributed by atoms with Crippen molar-refractivity contribution in [3.63, 3.8) is 0 Å². The molecule has 2 nitrogen and oxygen atoms in total. The van der Waals surface area contributed by atoms with Crippen molar-refractivity contribution in [2.24, 2.45) is 0 Å². The van der Waals surface area contributed by atoms with Crippen LogP contribution in [-0.2, 0) is 6.42 Å². The average molecular weight is 391 g/mol. The van der Waals surface area contributed by atoms with Gasteiger partial charge < -0.3 is 0 Å². The Morgan fingerprint density at radius 3 is 2.73 bits per heavy atom. The molecule has 0 fully saturated rings. The Morgan fingerprint density at radius 1 is 1.19 bits per heavy atom. The Morgan fingerprint density at radius 2 is 2.00 bits per heavy atom. The summed E-state index contributed by atoms with van der Waals surface area (Å²) in [5, 5.41) is 1.14. The number of hydrogen-bond donors (Lipinski definition) is 1. The maximum Gasteiger partial charge on any atom is 0.170 e. The van der Waals surface area contributed by atoms with Crippen molar-refractivity contribution in [1.29, 1.82) is 0 Å². The van der Waals surface area contributed by atoms with Gasteiger partial charge in [0.1, 0.15) is 11.6 Å². The van der Waals surface area contributed by atoms with E-state index in [2.05, 4.69) is 23.7 Å². The zero-order valence-electron chi connectivity index (χ0n) is 14.1. The van der Waals surface area contributed by atoms with Crippen molar-refractivity contribution in [2.45, 2.75) is 37.3 Å². The first-order valence-electron chi connectivity index (χ1n) is 8.47. The van der Waals surface area contributed by atoms with Crippen LogP contribution in [0.1, 0.15) is 41.3 Å². The third-order valence-corrected chi connectivity index (χ3v) is 5.67. The summed E-state index contributed by atoms with van der Waals surface area (Å²) in [6.07, 6.45) is 2.74. The second-order valence-corrected chi connectivity index (χ2v) is 7.44. The standard InChI is InChI=1S/C20H17ClF2N2S/c1-11-9-12(5-7-15(11)21)14-3-2-4-17-19(14)25(20(26)24-17)18-8-6-13(22)10-16(18)23/h5-10,14H,2-4H2,1H3,(H,24,26). The molecule has 0 radical (unpaired) electrons. The number of benzene rings is 2. The minimum Gasteiger partial charge on any atom is -0.288 e. The fraction of sp³-hybridized carbons (Fsp3) is 0.250. The van der Waals surface area contributed by atoms with E-state index in [9.17, 15) is 8.78 Å². The van der Waals surface area contributed by atoms with E-state index in [0.717, 1.165) is 52.9 Å². The summed E-state index contributed by atoms with van der Waals surface area (Å²) in [5.74, 6) is -1.17. The maximum atomic E-state index is 14.5. The molecule has 0 spiro atoms. The van der Waals surface area contributed by atoms with Gasteiger partial charge in [-0.1, -0.05) is 23.7 Å². The molecule has 0 amide bonds.